The number of nitrogens with zero attached hydrogens (tertiary/aromatic N) is 2. The summed E-state index contributed by atoms with van der Waals surface area (Å²) in [5, 5.41) is 7.51. The third kappa shape index (κ3) is 3.14. The highest BCUT2D eigenvalue weighted by Gasteiger charge is 2.16. The van der Waals surface area contributed by atoms with Crippen LogP contribution in [0.5, 0.6) is 0 Å². The fraction of sp³-hybridized carbons (Fsp3) is 0.500. The third-order valence-electron chi connectivity index (χ3n) is 3.15. The second-order valence-corrected chi connectivity index (χ2v) is 5.38. The Bertz CT molecular complexity index is 606. The molecule has 2 aromatic heterocycles. The number of pyridine rings is 1. The van der Waals surface area contributed by atoms with Gasteiger partial charge in [-0.05, 0) is 25.3 Å². The number of rotatable bonds is 5. The van der Waals surface area contributed by atoms with Crippen molar-refractivity contribution < 1.29 is 9.32 Å². The van der Waals surface area contributed by atoms with Gasteiger partial charge in [-0.25, -0.2) is 4.98 Å². The van der Waals surface area contributed by atoms with Gasteiger partial charge in [-0.3, -0.25) is 4.79 Å². The van der Waals surface area contributed by atoms with Gasteiger partial charge in [-0.1, -0.05) is 19.0 Å². The third-order valence-corrected chi connectivity index (χ3v) is 3.15. The minimum absolute atomic E-state index is 0.0261. The normalized spacial score (nSPS) is 12.8. The van der Waals surface area contributed by atoms with Gasteiger partial charge >= 0.3 is 0 Å². The number of aromatic nitrogens is 2. The smallest absolute Gasteiger partial charge is 0.257 e. The van der Waals surface area contributed by atoms with E-state index in [9.17, 15) is 4.79 Å². The number of carbonyl (C=O) groups excluding carboxylic acids is 1. The van der Waals surface area contributed by atoms with Crippen molar-refractivity contribution in [1.29, 1.82) is 0 Å². The quantitative estimate of drug-likeness (QED) is 0.865. The molecule has 2 heterocycles. The number of hydrogen-bond acceptors (Lipinski definition) is 5. The molecule has 2 aromatic rings. The number of nitrogens with one attached hydrogen (secondary N) is 1. The number of nitrogens with two attached hydrogens (primary N) is 1. The molecule has 20 heavy (non-hydrogen) atoms. The highest BCUT2D eigenvalue weighted by atomic mass is 16.5. The molecular weight excluding hydrogens is 256 g/mol. The Morgan fingerprint density at radius 1 is 1.50 bits per heavy atom. The molecule has 6 heteroatoms. The fourth-order valence-corrected chi connectivity index (χ4v) is 2.12. The predicted octanol–water partition coefficient (Wildman–Crippen LogP) is 1.63. The topological polar surface area (TPSA) is 94.0 Å². The van der Waals surface area contributed by atoms with Crippen LogP contribution in [0.2, 0.25) is 0 Å². The lowest BCUT2D eigenvalue weighted by molar-refractivity contribution is 0.0933. The fourth-order valence-electron chi connectivity index (χ4n) is 2.12. The zero-order valence-electron chi connectivity index (χ0n) is 12.0. The molecule has 0 aromatic carbocycles. The van der Waals surface area contributed by atoms with Crippen molar-refractivity contribution in [3.8, 4) is 0 Å². The highest BCUT2D eigenvalue weighted by Crippen LogP contribution is 2.17. The molecule has 3 N–H and O–H groups in total. The maximum absolute atomic E-state index is 12.2. The Morgan fingerprint density at radius 2 is 2.25 bits per heavy atom. The van der Waals surface area contributed by atoms with Crippen LogP contribution in [-0.2, 0) is 0 Å². The van der Waals surface area contributed by atoms with Crippen LogP contribution in [0.15, 0.2) is 16.8 Å². The molecule has 0 radical (unpaired) electrons. The van der Waals surface area contributed by atoms with Crippen molar-refractivity contribution in [1.82, 2.24) is 15.5 Å². The lowest BCUT2D eigenvalue weighted by Crippen LogP contribution is -2.41. The minimum atomic E-state index is -0.170. The average molecular weight is 276 g/mol. The molecule has 0 bridgehead atoms. The van der Waals surface area contributed by atoms with Crippen molar-refractivity contribution in [3.63, 3.8) is 0 Å². The first-order valence-corrected chi connectivity index (χ1v) is 6.74. The van der Waals surface area contributed by atoms with Crippen LogP contribution in [0.3, 0.4) is 0 Å². The Labute approximate surface area is 117 Å². The van der Waals surface area contributed by atoms with Gasteiger partial charge in [0.2, 0.25) is 0 Å². The standard InChI is InChI=1S/C14H20N4O2/c1-8(2)4-11(6-15)17-13(19)10-5-12-9(3)18-20-14(12)16-7-10/h5,7-8,11H,4,6,15H2,1-3H3,(H,17,19). The summed E-state index contributed by atoms with van der Waals surface area (Å²) in [5.41, 5.74) is 7.35. The first kappa shape index (κ1) is 14.5. The summed E-state index contributed by atoms with van der Waals surface area (Å²) in [5.74, 6) is 0.306. The molecule has 0 saturated heterocycles. The van der Waals surface area contributed by atoms with Crippen molar-refractivity contribution >= 4 is 17.0 Å². The predicted molar refractivity (Wildman–Crippen MR) is 76.3 cm³/mol. The van der Waals surface area contributed by atoms with Crippen molar-refractivity contribution in [3.05, 3.63) is 23.5 Å². The van der Waals surface area contributed by atoms with E-state index in [0.717, 1.165) is 17.5 Å². The summed E-state index contributed by atoms with van der Waals surface area (Å²) >= 11 is 0. The van der Waals surface area contributed by atoms with E-state index >= 15 is 0 Å². The van der Waals surface area contributed by atoms with Gasteiger partial charge in [0.05, 0.1) is 16.6 Å². The summed E-state index contributed by atoms with van der Waals surface area (Å²) in [7, 11) is 0. The summed E-state index contributed by atoms with van der Waals surface area (Å²) < 4.78 is 5.03. The van der Waals surface area contributed by atoms with E-state index in [0.29, 0.717) is 23.7 Å². The van der Waals surface area contributed by atoms with E-state index in [4.69, 9.17) is 10.3 Å². The lowest BCUT2D eigenvalue weighted by Gasteiger charge is -2.18. The zero-order chi connectivity index (χ0) is 14.7. The van der Waals surface area contributed by atoms with Gasteiger partial charge in [-0.15, -0.1) is 0 Å². The van der Waals surface area contributed by atoms with E-state index < -0.39 is 0 Å². The number of carbonyl (C=O) groups is 1. The van der Waals surface area contributed by atoms with Crippen molar-refractivity contribution in [2.75, 3.05) is 6.54 Å². The van der Waals surface area contributed by atoms with E-state index in [1.807, 2.05) is 6.92 Å². The van der Waals surface area contributed by atoms with Gasteiger partial charge in [0.1, 0.15) is 0 Å². The molecule has 0 aliphatic rings. The van der Waals surface area contributed by atoms with Crippen LogP contribution >= 0.6 is 0 Å². The molecule has 0 aliphatic carbocycles. The van der Waals surface area contributed by atoms with E-state index in [1.165, 1.54) is 6.20 Å². The lowest BCUT2D eigenvalue weighted by atomic mass is 10.0. The molecule has 108 valence electrons. The van der Waals surface area contributed by atoms with Crippen LogP contribution < -0.4 is 11.1 Å². The summed E-state index contributed by atoms with van der Waals surface area (Å²) in [6, 6.07) is 1.72. The van der Waals surface area contributed by atoms with E-state index in [2.05, 4.69) is 29.3 Å². The molecule has 0 saturated carbocycles. The molecule has 1 amide bonds. The van der Waals surface area contributed by atoms with Crippen LogP contribution in [0, 0.1) is 12.8 Å². The first-order chi connectivity index (χ1) is 9.51. The van der Waals surface area contributed by atoms with Crippen molar-refractivity contribution in [2.24, 2.45) is 11.7 Å². The average Bonchev–Trinajstić information content (AvgIpc) is 2.78. The van der Waals surface area contributed by atoms with Gasteiger partial charge in [0.15, 0.2) is 0 Å². The molecule has 6 nitrogen and oxygen atoms in total. The molecule has 0 fully saturated rings. The zero-order valence-corrected chi connectivity index (χ0v) is 12.0. The molecular formula is C14H20N4O2. The minimum Gasteiger partial charge on any atom is -0.348 e. The van der Waals surface area contributed by atoms with Crippen LogP contribution in [0.25, 0.3) is 11.1 Å². The van der Waals surface area contributed by atoms with Crippen LogP contribution in [-0.4, -0.2) is 28.6 Å². The highest BCUT2D eigenvalue weighted by molar-refractivity contribution is 5.97. The largest absolute Gasteiger partial charge is 0.348 e. The monoisotopic (exact) mass is 276 g/mol. The Hall–Kier alpha value is -1.95. The molecule has 2 rings (SSSR count). The SMILES string of the molecule is Cc1noc2ncc(C(=O)NC(CN)CC(C)C)cc12. The van der Waals surface area contributed by atoms with E-state index in [-0.39, 0.29) is 11.9 Å². The van der Waals surface area contributed by atoms with Crippen molar-refractivity contribution in [2.45, 2.75) is 33.2 Å². The first-order valence-electron chi connectivity index (χ1n) is 6.74. The maximum Gasteiger partial charge on any atom is 0.257 e. The van der Waals surface area contributed by atoms with Gasteiger partial charge in [0, 0.05) is 18.8 Å². The van der Waals surface area contributed by atoms with Crippen LogP contribution in [0.1, 0.15) is 36.3 Å². The Balaban J connectivity index is 2.15. The number of aryl methyl sites for hydroxylation is 1. The van der Waals surface area contributed by atoms with Gasteiger partial charge in [0.25, 0.3) is 11.6 Å². The van der Waals surface area contributed by atoms with E-state index in [1.54, 1.807) is 6.07 Å². The Kier molecular flexibility index (Phi) is 4.34. The van der Waals surface area contributed by atoms with Gasteiger partial charge < -0.3 is 15.6 Å². The molecule has 0 spiro atoms. The molecule has 1 unspecified atom stereocenters. The van der Waals surface area contributed by atoms with Crippen LogP contribution in [0.4, 0.5) is 0 Å². The molecule has 0 aliphatic heterocycles. The number of amides is 1. The number of hydrogen-bond donors (Lipinski definition) is 2. The maximum atomic E-state index is 12.2. The second-order valence-electron chi connectivity index (χ2n) is 5.38. The summed E-state index contributed by atoms with van der Waals surface area (Å²) in [6.45, 7) is 6.44. The summed E-state index contributed by atoms with van der Waals surface area (Å²) in [4.78, 5) is 16.3. The second kappa shape index (κ2) is 6.00. The summed E-state index contributed by atoms with van der Waals surface area (Å²) in [6.07, 6.45) is 2.34. The number of fused-ring (bicyclic) bond motifs is 1. The molecule has 1 atom stereocenters. The Morgan fingerprint density at radius 3 is 2.90 bits per heavy atom. The van der Waals surface area contributed by atoms with Gasteiger partial charge in [-0.2, -0.15) is 0 Å².